The SMILES string of the molecule is NC(=O)C(N)CCCCNC(=O)COCCOCCNC(=O)COCCOCCNC(=O)CC[C@H](N)C(=O)O. The molecule has 0 aromatic heterocycles. The molecule has 2 atom stereocenters. The predicted octanol–water partition coefficient (Wildman–Crippen LogP) is -3.42. The zero-order valence-corrected chi connectivity index (χ0v) is 22.3. The van der Waals surface area contributed by atoms with Crippen LogP contribution in [-0.2, 0) is 42.9 Å². The molecule has 0 aliphatic heterocycles. The van der Waals surface area contributed by atoms with Gasteiger partial charge < -0.3 is 57.2 Å². The predicted molar refractivity (Wildman–Crippen MR) is 138 cm³/mol. The van der Waals surface area contributed by atoms with Gasteiger partial charge in [0.05, 0.1) is 45.7 Å². The van der Waals surface area contributed by atoms with Crippen LogP contribution in [0, 0.1) is 0 Å². The van der Waals surface area contributed by atoms with E-state index in [0.717, 1.165) is 0 Å². The fraction of sp³-hybridized carbons (Fsp3) is 0.783. The maximum absolute atomic E-state index is 11.7. The van der Waals surface area contributed by atoms with Crippen LogP contribution in [0.3, 0.4) is 0 Å². The third-order valence-corrected chi connectivity index (χ3v) is 4.98. The minimum absolute atomic E-state index is 0.0174. The molecule has 0 saturated heterocycles. The normalized spacial score (nSPS) is 12.4. The number of carboxylic acid groups (broad SMARTS) is 1. The van der Waals surface area contributed by atoms with Crippen molar-refractivity contribution in [3.05, 3.63) is 0 Å². The van der Waals surface area contributed by atoms with E-state index in [1.807, 2.05) is 0 Å². The minimum atomic E-state index is -1.15. The summed E-state index contributed by atoms with van der Waals surface area (Å²) in [5.41, 5.74) is 15.9. The van der Waals surface area contributed by atoms with Crippen LogP contribution in [0.15, 0.2) is 0 Å². The van der Waals surface area contributed by atoms with Gasteiger partial charge in [0.1, 0.15) is 19.3 Å². The zero-order chi connectivity index (χ0) is 29.3. The van der Waals surface area contributed by atoms with Crippen molar-refractivity contribution in [2.24, 2.45) is 17.2 Å². The molecule has 0 heterocycles. The molecule has 0 spiro atoms. The van der Waals surface area contributed by atoms with Crippen LogP contribution in [0.25, 0.3) is 0 Å². The minimum Gasteiger partial charge on any atom is -0.480 e. The number of nitrogens with two attached hydrogens (primary N) is 3. The van der Waals surface area contributed by atoms with E-state index in [1.165, 1.54) is 0 Å². The van der Waals surface area contributed by atoms with Crippen LogP contribution in [0.2, 0.25) is 0 Å². The number of rotatable bonds is 26. The fourth-order valence-electron chi connectivity index (χ4n) is 2.75. The highest BCUT2D eigenvalue weighted by Crippen LogP contribution is 1.97. The number of hydrogen-bond acceptors (Lipinski definition) is 11. The molecule has 0 fully saturated rings. The van der Waals surface area contributed by atoms with Gasteiger partial charge in [-0.05, 0) is 25.7 Å². The average molecular weight is 565 g/mol. The fourth-order valence-corrected chi connectivity index (χ4v) is 2.75. The largest absolute Gasteiger partial charge is 0.480 e. The van der Waals surface area contributed by atoms with Gasteiger partial charge in [0, 0.05) is 26.1 Å². The highest BCUT2D eigenvalue weighted by Gasteiger charge is 2.13. The molecule has 16 nitrogen and oxygen atoms in total. The van der Waals surface area contributed by atoms with Crippen LogP contribution < -0.4 is 33.2 Å². The Balaban J connectivity index is 3.41. The second kappa shape index (κ2) is 24.2. The summed E-state index contributed by atoms with van der Waals surface area (Å²) in [7, 11) is 0. The summed E-state index contributed by atoms with van der Waals surface area (Å²) in [5.74, 6) is -2.56. The number of hydrogen-bond donors (Lipinski definition) is 7. The van der Waals surface area contributed by atoms with Crippen molar-refractivity contribution in [1.29, 1.82) is 0 Å². The number of carbonyl (C=O) groups is 5. The van der Waals surface area contributed by atoms with E-state index >= 15 is 0 Å². The van der Waals surface area contributed by atoms with Crippen molar-refractivity contribution in [1.82, 2.24) is 16.0 Å². The lowest BCUT2D eigenvalue weighted by atomic mass is 10.1. The highest BCUT2D eigenvalue weighted by molar-refractivity contribution is 5.79. The Labute approximate surface area is 227 Å². The summed E-state index contributed by atoms with van der Waals surface area (Å²) >= 11 is 0. The molecule has 1 unspecified atom stereocenters. The Morgan fingerprint density at radius 3 is 1.62 bits per heavy atom. The zero-order valence-electron chi connectivity index (χ0n) is 22.3. The van der Waals surface area contributed by atoms with Crippen molar-refractivity contribution >= 4 is 29.6 Å². The van der Waals surface area contributed by atoms with Crippen LogP contribution in [0.4, 0.5) is 0 Å². The number of ether oxygens (including phenoxy) is 4. The Morgan fingerprint density at radius 2 is 1.10 bits per heavy atom. The number of amides is 4. The molecule has 0 rings (SSSR count). The maximum atomic E-state index is 11.7. The second-order valence-corrected chi connectivity index (χ2v) is 8.37. The van der Waals surface area contributed by atoms with Gasteiger partial charge in [0.15, 0.2) is 0 Å². The summed E-state index contributed by atoms with van der Waals surface area (Å²) in [6, 6.07) is -1.73. The maximum Gasteiger partial charge on any atom is 0.320 e. The summed E-state index contributed by atoms with van der Waals surface area (Å²) in [5, 5.41) is 16.6. The number of nitrogens with one attached hydrogen (secondary N) is 3. The first-order valence-corrected chi connectivity index (χ1v) is 12.8. The Hall–Kier alpha value is -2.89. The number of unbranched alkanes of at least 4 members (excludes halogenated alkanes) is 1. The Bertz CT molecular complexity index is 728. The molecule has 0 radical (unpaired) electrons. The van der Waals surface area contributed by atoms with Gasteiger partial charge in [-0.1, -0.05) is 0 Å². The molecule has 0 aromatic carbocycles. The van der Waals surface area contributed by atoms with Gasteiger partial charge >= 0.3 is 5.97 Å². The van der Waals surface area contributed by atoms with Crippen molar-refractivity contribution in [3.8, 4) is 0 Å². The summed E-state index contributed by atoms with van der Waals surface area (Å²) in [4.78, 5) is 56.2. The number of carbonyl (C=O) groups excluding carboxylic acids is 4. The summed E-state index contributed by atoms with van der Waals surface area (Å²) in [6.45, 7) is 2.19. The van der Waals surface area contributed by atoms with E-state index in [1.54, 1.807) is 0 Å². The molecular weight excluding hydrogens is 520 g/mol. The Kier molecular flexibility index (Phi) is 22.4. The van der Waals surface area contributed by atoms with Gasteiger partial charge in [-0.3, -0.25) is 24.0 Å². The quantitative estimate of drug-likeness (QED) is 0.0507. The van der Waals surface area contributed by atoms with Crippen molar-refractivity contribution in [3.63, 3.8) is 0 Å². The lowest BCUT2D eigenvalue weighted by Crippen LogP contribution is -2.36. The number of carboxylic acids is 1. The molecule has 0 saturated carbocycles. The van der Waals surface area contributed by atoms with E-state index in [9.17, 15) is 24.0 Å². The number of primary amides is 1. The molecule has 0 aliphatic rings. The van der Waals surface area contributed by atoms with E-state index in [-0.39, 0.29) is 96.5 Å². The first-order chi connectivity index (χ1) is 18.6. The standard InChI is InChI=1S/C23H44N6O10/c24-17(22(26)33)3-1-2-6-27-20(31)15-38-13-12-37-10-8-29-21(32)16-39-14-11-36-9-7-28-19(30)5-4-18(25)23(34)35/h17-18H,1-16,24-25H2,(H2,26,33)(H,27,31)(H,28,30)(H,29,32)(H,34,35)/t17?,18-/m0/s1. The van der Waals surface area contributed by atoms with Gasteiger partial charge in [-0.25, -0.2) is 0 Å². The monoisotopic (exact) mass is 564 g/mol. The first kappa shape index (κ1) is 36.1. The van der Waals surface area contributed by atoms with Crippen LogP contribution in [0.1, 0.15) is 32.1 Å². The van der Waals surface area contributed by atoms with E-state index < -0.39 is 24.0 Å². The molecule has 16 heteroatoms. The molecular formula is C23H44N6O10. The third-order valence-electron chi connectivity index (χ3n) is 4.98. The lowest BCUT2D eigenvalue weighted by molar-refractivity contribution is -0.138. The van der Waals surface area contributed by atoms with E-state index in [2.05, 4.69) is 16.0 Å². The smallest absolute Gasteiger partial charge is 0.320 e. The number of aliphatic carboxylic acids is 1. The topological polar surface area (TPSA) is 257 Å². The molecule has 0 bridgehead atoms. The Morgan fingerprint density at radius 1 is 0.615 bits per heavy atom. The second-order valence-electron chi connectivity index (χ2n) is 8.37. The third kappa shape index (κ3) is 23.9. The van der Waals surface area contributed by atoms with Crippen LogP contribution in [0.5, 0.6) is 0 Å². The van der Waals surface area contributed by atoms with E-state index in [0.29, 0.717) is 25.8 Å². The summed E-state index contributed by atoms with van der Waals surface area (Å²) < 4.78 is 21.0. The average Bonchev–Trinajstić information content (AvgIpc) is 2.89. The summed E-state index contributed by atoms with van der Waals surface area (Å²) in [6.07, 6.45) is 1.90. The highest BCUT2D eigenvalue weighted by atomic mass is 16.5. The van der Waals surface area contributed by atoms with Gasteiger partial charge in [-0.15, -0.1) is 0 Å². The van der Waals surface area contributed by atoms with Gasteiger partial charge in [-0.2, -0.15) is 0 Å². The lowest BCUT2D eigenvalue weighted by Gasteiger charge is -2.09. The first-order valence-electron chi connectivity index (χ1n) is 12.8. The van der Waals surface area contributed by atoms with Crippen molar-refractivity contribution < 1.29 is 48.0 Å². The van der Waals surface area contributed by atoms with Gasteiger partial charge in [0.25, 0.3) is 0 Å². The molecule has 0 aromatic rings. The van der Waals surface area contributed by atoms with Crippen LogP contribution in [-0.4, -0.2) is 119 Å². The van der Waals surface area contributed by atoms with Crippen LogP contribution >= 0.6 is 0 Å². The molecule has 10 N–H and O–H groups in total. The van der Waals surface area contributed by atoms with Crippen molar-refractivity contribution in [2.45, 2.75) is 44.2 Å². The van der Waals surface area contributed by atoms with Gasteiger partial charge in [0.2, 0.25) is 23.6 Å². The molecule has 0 aliphatic carbocycles. The molecule has 226 valence electrons. The van der Waals surface area contributed by atoms with E-state index in [4.69, 9.17) is 41.3 Å². The van der Waals surface area contributed by atoms with Crippen molar-refractivity contribution in [2.75, 3.05) is 72.5 Å². The molecule has 39 heavy (non-hydrogen) atoms. The molecule has 4 amide bonds.